The summed E-state index contributed by atoms with van der Waals surface area (Å²) in [7, 11) is 0. The van der Waals surface area contributed by atoms with Gasteiger partial charge in [-0.15, -0.1) is 0 Å². The predicted octanol–water partition coefficient (Wildman–Crippen LogP) is 4.13. The van der Waals surface area contributed by atoms with E-state index in [0.29, 0.717) is 17.3 Å². The Morgan fingerprint density at radius 2 is 1.44 bits per heavy atom. The summed E-state index contributed by atoms with van der Waals surface area (Å²) in [5.41, 5.74) is 14.1. The highest BCUT2D eigenvalue weighted by atomic mass is 32.2. The lowest BCUT2D eigenvalue weighted by molar-refractivity contribution is 0.865. The Labute approximate surface area is 112 Å². The quantitative estimate of drug-likeness (QED) is 0.814. The predicted molar refractivity (Wildman–Crippen MR) is 79.9 cm³/mol. The smallest absolute Gasteiger partial charge is 0.0559 e. The maximum Gasteiger partial charge on any atom is 0.0559 e. The van der Waals surface area contributed by atoms with E-state index in [4.69, 9.17) is 11.5 Å². The van der Waals surface area contributed by atoms with E-state index in [1.54, 1.807) is 11.8 Å². The van der Waals surface area contributed by atoms with Crippen LogP contribution >= 0.6 is 11.8 Å². The second-order valence-corrected chi connectivity index (χ2v) is 5.76. The normalized spacial score (nSPS) is 10.8. The summed E-state index contributed by atoms with van der Waals surface area (Å²) in [6, 6.07) is 14.4. The fraction of sp³-hybridized carbons (Fsp3) is 0.200. The number of anilines is 2. The molecule has 18 heavy (non-hydrogen) atoms. The fourth-order valence-corrected chi connectivity index (χ4v) is 2.54. The van der Waals surface area contributed by atoms with E-state index >= 15 is 0 Å². The second-order valence-electron chi connectivity index (χ2n) is 4.62. The summed E-state index contributed by atoms with van der Waals surface area (Å²) >= 11 is 1.70. The van der Waals surface area contributed by atoms with Crippen molar-refractivity contribution in [3.05, 3.63) is 48.0 Å². The molecular weight excluding hydrogens is 240 g/mol. The molecule has 2 rings (SSSR count). The molecule has 94 valence electrons. The molecule has 0 saturated heterocycles. The highest BCUT2D eigenvalue weighted by molar-refractivity contribution is 7.99. The van der Waals surface area contributed by atoms with Crippen molar-refractivity contribution in [3.63, 3.8) is 0 Å². The number of rotatable bonds is 3. The van der Waals surface area contributed by atoms with Crippen LogP contribution in [0.1, 0.15) is 25.3 Å². The van der Waals surface area contributed by atoms with E-state index < -0.39 is 0 Å². The SMILES string of the molecule is CC(C)c1ccc(Sc2ccc(N)c(N)c2)cc1. The van der Waals surface area contributed by atoms with Crippen LogP contribution in [0.2, 0.25) is 0 Å². The fourth-order valence-electron chi connectivity index (χ4n) is 1.67. The van der Waals surface area contributed by atoms with Gasteiger partial charge in [0.25, 0.3) is 0 Å². The van der Waals surface area contributed by atoms with E-state index in [-0.39, 0.29) is 0 Å². The van der Waals surface area contributed by atoms with Gasteiger partial charge < -0.3 is 11.5 Å². The highest BCUT2D eigenvalue weighted by Gasteiger charge is 2.02. The molecule has 2 aromatic carbocycles. The van der Waals surface area contributed by atoms with E-state index in [1.165, 1.54) is 10.5 Å². The van der Waals surface area contributed by atoms with Gasteiger partial charge in [-0.2, -0.15) is 0 Å². The van der Waals surface area contributed by atoms with Gasteiger partial charge >= 0.3 is 0 Å². The van der Waals surface area contributed by atoms with Crippen LogP contribution in [0.25, 0.3) is 0 Å². The molecule has 0 heterocycles. The topological polar surface area (TPSA) is 52.0 Å². The molecule has 0 bridgehead atoms. The Morgan fingerprint density at radius 1 is 0.833 bits per heavy atom. The molecule has 0 fully saturated rings. The number of hydrogen-bond donors (Lipinski definition) is 2. The van der Waals surface area contributed by atoms with Gasteiger partial charge in [0.15, 0.2) is 0 Å². The third-order valence-corrected chi connectivity index (χ3v) is 3.84. The molecule has 2 nitrogen and oxygen atoms in total. The minimum absolute atomic E-state index is 0.566. The molecule has 3 heteroatoms. The van der Waals surface area contributed by atoms with Gasteiger partial charge in [0.05, 0.1) is 11.4 Å². The van der Waals surface area contributed by atoms with Gasteiger partial charge in [-0.3, -0.25) is 0 Å². The third kappa shape index (κ3) is 2.99. The van der Waals surface area contributed by atoms with Crippen LogP contribution in [0.5, 0.6) is 0 Å². The van der Waals surface area contributed by atoms with Gasteiger partial charge in [-0.25, -0.2) is 0 Å². The molecule has 4 N–H and O–H groups in total. The van der Waals surface area contributed by atoms with Crippen LogP contribution < -0.4 is 11.5 Å². The summed E-state index contributed by atoms with van der Waals surface area (Å²) < 4.78 is 0. The van der Waals surface area contributed by atoms with Gasteiger partial charge in [0, 0.05) is 9.79 Å². The zero-order valence-electron chi connectivity index (χ0n) is 10.7. The van der Waals surface area contributed by atoms with Gasteiger partial charge in [0.1, 0.15) is 0 Å². The molecule has 0 aliphatic rings. The van der Waals surface area contributed by atoms with Gasteiger partial charge in [-0.1, -0.05) is 37.7 Å². The molecule has 0 spiro atoms. The Kier molecular flexibility index (Phi) is 3.82. The average molecular weight is 258 g/mol. The largest absolute Gasteiger partial charge is 0.397 e. The highest BCUT2D eigenvalue weighted by Crippen LogP contribution is 2.31. The first-order valence-corrected chi connectivity index (χ1v) is 6.80. The Balaban J connectivity index is 2.15. The van der Waals surface area contributed by atoms with E-state index in [0.717, 1.165) is 4.90 Å². The molecule has 0 aromatic heterocycles. The summed E-state index contributed by atoms with van der Waals surface area (Å²) in [4.78, 5) is 2.32. The van der Waals surface area contributed by atoms with Crippen molar-refractivity contribution < 1.29 is 0 Å². The van der Waals surface area contributed by atoms with Crippen LogP contribution in [0, 0.1) is 0 Å². The van der Waals surface area contributed by atoms with Crippen LogP contribution in [-0.4, -0.2) is 0 Å². The number of benzene rings is 2. The average Bonchev–Trinajstić information content (AvgIpc) is 2.34. The van der Waals surface area contributed by atoms with Crippen molar-refractivity contribution in [1.29, 1.82) is 0 Å². The standard InChI is InChI=1S/C15H18N2S/c1-10(2)11-3-5-12(6-4-11)18-13-7-8-14(16)15(17)9-13/h3-10H,16-17H2,1-2H3. The van der Waals surface area contributed by atoms with Crippen molar-refractivity contribution in [2.75, 3.05) is 11.5 Å². The Morgan fingerprint density at radius 3 is 2.00 bits per heavy atom. The minimum atomic E-state index is 0.566. The maximum atomic E-state index is 5.80. The summed E-state index contributed by atoms with van der Waals surface area (Å²) in [6.45, 7) is 4.39. The van der Waals surface area contributed by atoms with Gasteiger partial charge in [-0.05, 0) is 41.8 Å². The molecule has 0 aliphatic heterocycles. The second kappa shape index (κ2) is 5.36. The van der Waals surface area contributed by atoms with Crippen LogP contribution in [0.15, 0.2) is 52.3 Å². The maximum absolute atomic E-state index is 5.80. The molecule has 0 saturated carbocycles. The van der Waals surface area contributed by atoms with Crippen molar-refractivity contribution >= 4 is 23.1 Å². The molecule has 0 unspecified atom stereocenters. The van der Waals surface area contributed by atoms with E-state index in [2.05, 4.69) is 38.1 Å². The van der Waals surface area contributed by atoms with E-state index in [9.17, 15) is 0 Å². The summed E-state index contributed by atoms with van der Waals surface area (Å²) in [5.74, 6) is 0.566. The minimum Gasteiger partial charge on any atom is -0.397 e. The first-order chi connectivity index (χ1) is 8.56. The Bertz CT molecular complexity index is 533. The van der Waals surface area contributed by atoms with Crippen LogP contribution in [0.3, 0.4) is 0 Å². The molecular formula is C15H18N2S. The molecule has 0 amide bonds. The number of nitrogens with two attached hydrogens (primary N) is 2. The summed E-state index contributed by atoms with van der Waals surface area (Å²) in [6.07, 6.45) is 0. The van der Waals surface area contributed by atoms with Crippen molar-refractivity contribution in [3.8, 4) is 0 Å². The molecule has 0 atom stereocenters. The third-order valence-electron chi connectivity index (χ3n) is 2.84. The first kappa shape index (κ1) is 12.8. The summed E-state index contributed by atoms with van der Waals surface area (Å²) in [5, 5.41) is 0. The van der Waals surface area contributed by atoms with Crippen molar-refractivity contribution in [2.24, 2.45) is 0 Å². The Hall–Kier alpha value is -1.61. The number of nitrogen functional groups attached to an aromatic ring is 2. The van der Waals surface area contributed by atoms with E-state index in [1.807, 2.05) is 18.2 Å². The van der Waals surface area contributed by atoms with Crippen molar-refractivity contribution in [2.45, 2.75) is 29.6 Å². The molecule has 0 radical (unpaired) electrons. The lowest BCUT2D eigenvalue weighted by Gasteiger charge is -2.07. The lowest BCUT2D eigenvalue weighted by atomic mass is 10.0. The van der Waals surface area contributed by atoms with Crippen LogP contribution in [0.4, 0.5) is 11.4 Å². The number of hydrogen-bond acceptors (Lipinski definition) is 3. The zero-order chi connectivity index (χ0) is 13.1. The zero-order valence-corrected chi connectivity index (χ0v) is 11.5. The molecule has 2 aromatic rings. The first-order valence-electron chi connectivity index (χ1n) is 5.99. The molecule has 0 aliphatic carbocycles. The van der Waals surface area contributed by atoms with Crippen molar-refractivity contribution in [1.82, 2.24) is 0 Å². The lowest BCUT2D eigenvalue weighted by Crippen LogP contribution is -1.93. The van der Waals surface area contributed by atoms with Crippen LogP contribution in [-0.2, 0) is 0 Å². The monoisotopic (exact) mass is 258 g/mol. The van der Waals surface area contributed by atoms with Gasteiger partial charge in [0.2, 0.25) is 0 Å².